The third-order valence-corrected chi connectivity index (χ3v) is 5.56. The molecule has 3 aliphatic heterocycles. The van der Waals surface area contributed by atoms with Crippen LogP contribution in [0.5, 0.6) is 0 Å². The van der Waals surface area contributed by atoms with Crippen molar-refractivity contribution in [3.63, 3.8) is 0 Å². The number of piperidine rings is 1. The Labute approximate surface area is 120 Å². The molecule has 0 aromatic carbocycles. The van der Waals surface area contributed by atoms with Gasteiger partial charge in [-0.1, -0.05) is 25.8 Å². The quantitative estimate of drug-likeness (QED) is 0.740. The number of unbranched alkanes of at least 4 members (excludes halogenated alkanes) is 1. The van der Waals surface area contributed by atoms with Crippen molar-refractivity contribution in [2.75, 3.05) is 6.54 Å². The lowest BCUT2D eigenvalue weighted by Gasteiger charge is -2.38. The second-order valence-corrected chi connectivity index (χ2v) is 6.68. The summed E-state index contributed by atoms with van der Waals surface area (Å²) in [6.07, 6.45) is 12.4. The van der Waals surface area contributed by atoms with Crippen molar-refractivity contribution in [2.45, 2.75) is 69.6 Å². The molecule has 1 aliphatic carbocycles. The summed E-state index contributed by atoms with van der Waals surface area (Å²) in [5.74, 6) is -0.115. The van der Waals surface area contributed by atoms with Crippen LogP contribution in [0.3, 0.4) is 0 Å². The van der Waals surface area contributed by atoms with E-state index in [1.165, 1.54) is 49.8 Å². The molecule has 4 rings (SSSR count). The average molecular weight is 273 g/mol. The maximum atomic E-state index is 11.9. The molecule has 0 unspecified atom stereocenters. The third kappa shape index (κ3) is 1.59. The maximum Gasteiger partial charge on any atom is 0.332 e. The number of esters is 1. The van der Waals surface area contributed by atoms with E-state index < -0.39 is 0 Å². The van der Waals surface area contributed by atoms with Gasteiger partial charge in [0, 0.05) is 24.1 Å². The fraction of sp³-hybridized carbons (Fsp3) is 0.706. The number of fused-ring (bicyclic) bond motifs is 3. The standard InChI is InChI=1S/C17H23NO2/c1-2-3-6-12-9-13-11-17(14(12)10-16(19)20-17)15-7-4-5-8-18(13)15/h9-10,13,15H,2-8,11H2,1H3/t13-,15-,17+/m1/s1. The zero-order chi connectivity index (χ0) is 13.7. The van der Waals surface area contributed by atoms with Crippen LogP contribution < -0.4 is 0 Å². The van der Waals surface area contributed by atoms with Crippen molar-refractivity contribution < 1.29 is 9.53 Å². The van der Waals surface area contributed by atoms with E-state index in [-0.39, 0.29) is 11.6 Å². The van der Waals surface area contributed by atoms with Crippen molar-refractivity contribution in [3.8, 4) is 0 Å². The first-order chi connectivity index (χ1) is 9.74. The van der Waals surface area contributed by atoms with Gasteiger partial charge in [-0.25, -0.2) is 4.79 Å². The summed E-state index contributed by atoms with van der Waals surface area (Å²) in [4.78, 5) is 14.5. The highest BCUT2D eigenvalue weighted by Gasteiger charge is 2.61. The van der Waals surface area contributed by atoms with Crippen LogP contribution in [0.2, 0.25) is 0 Å². The number of carbonyl (C=O) groups is 1. The first kappa shape index (κ1) is 12.6. The second-order valence-electron chi connectivity index (χ2n) is 6.68. The van der Waals surface area contributed by atoms with E-state index in [2.05, 4.69) is 17.9 Å². The average Bonchev–Trinajstić information content (AvgIpc) is 2.93. The molecule has 3 heterocycles. The molecule has 1 spiro atoms. The van der Waals surface area contributed by atoms with E-state index >= 15 is 0 Å². The van der Waals surface area contributed by atoms with Crippen molar-refractivity contribution in [2.24, 2.45) is 0 Å². The van der Waals surface area contributed by atoms with Gasteiger partial charge in [0.15, 0.2) is 5.60 Å². The van der Waals surface area contributed by atoms with Crippen molar-refractivity contribution in [1.82, 2.24) is 4.90 Å². The smallest absolute Gasteiger partial charge is 0.332 e. The van der Waals surface area contributed by atoms with Crippen molar-refractivity contribution in [3.05, 3.63) is 23.3 Å². The number of carbonyl (C=O) groups excluding carboxylic acids is 1. The van der Waals surface area contributed by atoms with Gasteiger partial charge in [0.2, 0.25) is 0 Å². The first-order valence-corrected chi connectivity index (χ1v) is 8.16. The molecule has 20 heavy (non-hydrogen) atoms. The van der Waals surface area contributed by atoms with Gasteiger partial charge in [0.05, 0.1) is 6.04 Å². The van der Waals surface area contributed by atoms with Crippen LogP contribution in [0.1, 0.15) is 51.9 Å². The Hall–Kier alpha value is -1.09. The van der Waals surface area contributed by atoms with Gasteiger partial charge < -0.3 is 4.74 Å². The molecule has 0 saturated carbocycles. The van der Waals surface area contributed by atoms with E-state index in [1.54, 1.807) is 6.08 Å². The largest absolute Gasteiger partial charge is 0.449 e. The molecule has 3 heteroatoms. The molecular weight excluding hydrogens is 250 g/mol. The Kier molecular flexibility index (Phi) is 2.81. The minimum atomic E-state index is -0.292. The SMILES string of the molecule is CCCCC1=C[C@@H]2C[C@@]3(OC(=O)C=C13)[C@H]1CCCCN21. The highest BCUT2D eigenvalue weighted by Crippen LogP contribution is 2.54. The minimum absolute atomic E-state index is 0.115. The predicted molar refractivity (Wildman–Crippen MR) is 77.3 cm³/mol. The lowest BCUT2D eigenvalue weighted by Crippen LogP contribution is -2.48. The number of hydrogen-bond donors (Lipinski definition) is 0. The van der Waals surface area contributed by atoms with Crippen LogP contribution in [0, 0.1) is 0 Å². The highest BCUT2D eigenvalue weighted by atomic mass is 16.6. The molecule has 2 saturated heterocycles. The van der Waals surface area contributed by atoms with E-state index in [9.17, 15) is 4.79 Å². The normalized spacial score (nSPS) is 39.0. The zero-order valence-electron chi connectivity index (χ0n) is 12.2. The van der Waals surface area contributed by atoms with Crippen LogP contribution in [-0.2, 0) is 9.53 Å². The van der Waals surface area contributed by atoms with E-state index in [0.29, 0.717) is 12.1 Å². The Bertz CT molecular complexity index is 507. The monoisotopic (exact) mass is 273 g/mol. The summed E-state index contributed by atoms with van der Waals surface area (Å²) in [5.41, 5.74) is 2.32. The zero-order valence-corrected chi connectivity index (χ0v) is 12.2. The third-order valence-electron chi connectivity index (χ3n) is 5.56. The minimum Gasteiger partial charge on any atom is -0.449 e. The molecule has 0 amide bonds. The Balaban J connectivity index is 1.75. The number of hydrogen-bond acceptors (Lipinski definition) is 3. The van der Waals surface area contributed by atoms with Crippen LogP contribution in [-0.4, -0.2) is 35.1 Å². The fourth-order valence-corrected chi connectivity index (χ4v) is 4.75. The summed E-state index contributed by atoms with van der Waals surface area (Å²) in [5, 5.41) is 0. The van der Waals surface area contributed by atoms with Gasteiger partial charge in [0.1, 0.15) is 0 Å². The molecule has 108 valence electrons. The van der Waals surface area contributed by atoms with Crippen LogP contribution in [0.15, 0.2) is 23.3 Å². The van der Waals surface area contributed by atoms with Gasteiger partial charge in [-0.05, 0) is 37.8 Å². The molecule has 0 aromatic heterocycles. The second kappa shape index (κ2) is 4.45. The molecule has 0 radical (unpaired) electrons. The molecule has 0 N–H and O–H groups in total. The summed E-state index contributed by atoms with van der Waals surface area (Å²) in [6, 6.07) is 0.921. The molecule has 3 atom stereocenters. The van der Waals surface area contributed by atoms with Gasteiger partial charge in [-0.15, -0.1) is 0 Å². The number of nitrogens with zero attached hydrogens (tertiary/aromatic N) is 1. The van der Waals surface area contributed by atoms with Gasteiger partial charge >= 0.3 is 5.97 Å². The van der Waals surface area contributed by atoms with E-state index in [4.69, 9.17) is 4.74 Å². The lowest BCUT2D eigenvalue weighted by atomic mass is 9.75. The van der Waals surface area contributed by atoms with E-state index in [0.717, 1.165) is 12.8 Å². The molecule has 4 aliphatic rings. The highest BCUT2D eigenvalue weighted by molar-refractivity contribution is 5.89. The predicted octanol–water partition coefficient (Wildman–Crippen LogP) is 2.97. The number of rotatable bonds is 3. The molecule has 2 fully saturated rings. The molecule has 2 bridgehead atoms. The van der Waals surface area contributed by atoms with Gasteiger partial charge in [0.25, 0.3) is 0 Å². The molecule has 0 aromatic rings. The van der Waals surface area contributed by atoms with Crippen LogP contribution in [0.25, 0.3) is 0 Å². The van der Waals surface area contributed by atoms with Crippen LogP contribution >= 0.6 is 0 Å². The summed E-state index contributed by atoms with van der Waals surface area (Å²) in [6.45, 7) is 3.39. The Morgan fingerprint density at radius 2 is 2.35 bits per heavy atom. The topological polar surface area (TPSA) is 29.5 Å². The molecule has 3 nitrogen and oxygen atoms in total. The molecular formula is C17H23NO2. The van der Waals surface area contributed by atoms with Gasteiger partial charge in [-0.2, -0.15) is 0 Å². The van der Waals surface area contributed by atoms with E-state index in [1.807, 2.05) is 0 Å². The lowest BCUT2D eigenvalue weighted by molar-refractivity contribution is -0.148. The van der Waals surface area contributed by atoms with Crippen molar-refractivity contribution in [1.29, 1.82) is 0 Å². The summed E-state index contributed by atoms with van der Waals surface area (Å²) < 4.78 is 5.91. The number of ether oxygens (including phenoxy) is 1. The first-order valence-electron chi connectivity index (χ1n) is 8.16. The Morgan fingerprint density at radius 1 is 1.45 bits per heavy atom. The van der Waals surface area contributed by atoms with Gasteiger partial charge in [-0.3, -0.25) is 4.90 Å². The van der Waals surface area contributed by atoms with Crippen LogP contribution in [0.4, 0.5) is 0 Å². The summed E-state index contributed by atoms with van der Waals surface area (Å²) >= 11 is 0. The maximum absolute atomic E-state index is 11.9. The van der Waals surface area contributed by atoms with Crippen molar-refractivity contribution >= 4 is 5.97 Å². The fourth-order valence-electron chi connectivity index (χ4n) is 4.75. The Morgan fingerprint density at radius 3 is 3.20 bits per heavy atom. The summed E-state index contributed by atoms with van der Waals surface area (Å²) in [7, 11) is 0.